The van der Waals surface area contributed by atoms with E-state index in [0.29, 0.717) is 11.6 Å². The molecule has 2 aromatic carbocycles. The molecule has 1 heterocycles. The summed E-state index contributed by atoms with van der Waals surface area (Å²) < 4.78 is 19.4. The molecule has 166 valence electrons. The number of guanidine groups is 1. The summed E-state index contributed by atoms with van der Waals surface area (Å²) in [5.41, 5.74) is 1.53. The van der Waals surface area contributed by atoms with Crippen LogP contribution in [0.3, 0.4) is 0 Å². The van der Waals surface area contributed by atoms with E-state index >= 15 is 0 Å². The Bertz CT molecular complexity index is 929. The van der Waals surface area contributed by atoms with Crippen LogP contribution in [0.25, 0.3) is 0 Å². The summed E-state index contributed by atoms with van der Waals surface area (Å²) in [5, 5.41) is 9.28. The van der Waals surface area contributed by atoms with Crippen molar-refractivity contribution in [1.29, 1.82) is 0 Å². The number of nitrogens with zero attached hydrogens (tertiary/aromatic N) is 1. The molecule has 1 saturated carbocycles. The Hall–Kier alpha value is -2.36. The molecule has 1 aliphatic heterocycles. The van der Waals surface area contributed by atoms with Crippen molar-refractivity contribution >= 4 is 41.5 Å². The van der Waals surface area contributed by atoms with Crippen LogP contribution in [0.2, 0.25) is 0 Å². The molecule has 1 unspecified atom stereocenters. The lowest BCUT2D eigenvalue weighted by atomic mass is 9.86. The van der Waals surface area contributed by atoms with E-state index in [-0.39, 0.29) is 53.9 Å². The minimum absolute atomic E-state index is 0. The Morgan fingerprint density at radius 1 is 1.16 bits per heavy atom. The number of hydrogen-bond donors (Lipinski definition) is 3. The van der Waals surface area contributed by atoms with Gasteiger partial charge in [0.1, 0.15) is 17.2 Å². The van der Waals surface area contributed by atoms with Gasteiger partial charge in [0, 0.05) is 24.7 Å². The molecule has 0 radical (unpaired) electrons. The third kappa shape index (κ3) is 5.66. The summed E-state index contributed by atoms with van der Waals surface area (Å²) >= 11 is 0. The standard InChI is InChI=1S/C23H27FN4O2.HI/c1-25-22(26-15-21(29)27-17-10-8-16(24)9-11-17)28-19-14-23(12-4-5-13-23)30-20-7-3-2-6-18(19)20;/h2-3,6-11,19H,4-5,12-15H2,1H3,(H,27,29)(H2,25,26,28);1H. The Balaban J connectivity index is 0.00000272. The Kier molecular flexibility index (Phi) is 7.74. The zero-order valence-corrected chi connectivity index (χ0v) is 19.8. The summed E-state index contributed by atoms with van der Waals surface area (Å²) in [5.74, 6) is 0.906. The quantitative estimate of drug-likeness (QED) is 0.307. The van der Waals surface area contributed by atoms with Gasteiger partial charge >= 0.3 is 0 Å². The Labute approximate surface area is 199 Å². The van der Waals surface area contributed by atoms with E-state index < -0.39 is 0 Å². The first-order valence-electron chi connectivity index (χ1n) is 10.4. The summed E-state index contributed by atoms with van der Waals surface area (Å²) in [6.45, 7) is 0.0487. The SMILES string of the molecule is CN=C(NCC(=O)Nc1ccc(F)cc1)NC1CC2(CCCC2)Oc2ccccc21.I. The van der Waals surface area contributed by atoms with Crippen molar-refractivity contribution in [2.24, 2.45) is 4.99 Å². The maximum atomic E-state index is 13.0. The zero-order valence-electron chi connectivity index (χ0n) is 17.5. The van der Waals surface area contributed by atoms with E-state index in [1.807, 2.05) is 18.2 Å². The Morgan fingerprint density at radius 2 is 1.87 bits per heavy atom. The van der Waals surface area contributed by atoms with Gasteiger partial charge in [0.2, 0.25) is 5.91 Å². The van der Waals surface area contributed by atoms with Crippen LogP contribution in [-0.4, -0.2) is 31.1 Å². The lowest BCUT2D eigenvalue weighted by Crippen LogP contribution is -2.47. The number of halogens is 2. The third-order valence-corrected chi connectivity index (χ3v) is 5.79. The van der Waals surface area contributed by atoms with Crippen molar-refractivity contribution in [2.45, 2.75) is 43.7 Å². The normalized spacial score (nSPS) is 19.0. The molecule has 1 fully saturated rings. The van der Waals surface area contributed by atoms with Gasteiger partial charge in [-0.25, -0.2) is 4.39 Å². The molecule has 6 nitrogen and oxygen atoms in total. The van der Waals surface area contributed by atoms with Gasteiger partial charge in [-0.05, 0) is 56.0 Å². The molecule has 31 heavy (non-hydrogen) atoms. The fourth-order valence-electron chi connectivity index (χ4n) is 4.33. The van der Waals surface area contributed by atoms with E-state index in [2.05, 4.69) is 27.0 Å². The van der Waals surface area contributed by atoms with Gasteiger partial charge in [-0.15, -0.1) is 24.0 Å². The second-order valence-electron chi connectivity index (χ2n) is 7.91. The first kappa shape index (κ1) is 23.3. The molecular formula is C23H28FIN4O2. The molecule has 4 rings (SSSR count). The van der Waals surface area contributed by atoms with Gasteiger partial charge in [0.05, 0.1) is 12.6 Å². The zero-order chi connectivity index (χ0) is 21.0. The maximum absolute atomic E-state index is 13.0. The smallest absolute Gasteiger partial charge is 0.243 e. The van der Waals surface area contributed by atoms with Gasteiger partial charge < -0.3 is 20.7 Å². The van der Waals surface area contributed by atoms with Crippen LogP contribution in [-0.2, 0) is 4.79 Å². The Morgan fingerprint density at radius 3 is 2.58 bits per heavy atom. The van der Waals surface area contributed by atoms with Crippen LogP contribution in [0.4, 0.5) is 10.1 Å². The number of aliphatic imine (C=N–C) groups is 1. The van der Waals surface area contributed by atoms with Gasteiger partial charge in [-0.1, -0.05) is 18.2 Å². The van der Waals surface area contributed by atoms with Crippen LogP contribution >= 0.6 is 24.0 Å². The van der Waals surface area contributed by atoms with Gasteiger partial charge in [0.25, 0.3) is 0 Å². The van der Waals surface area contributed by atoms with Crippen molar-refractivity contribution in [3.8, 4) is 5.75 Å². The number of hydrogen-bond acceptors (Lipinski definition) is 3. The number of carbonyl (C=O) groups excluding carboxylic acids is 1. The molecule has 0 aromatic heterocycles. The first-order valence-corrected chi connectivity index (χ1v) is 10.4. The van der Waals surface area contributed by atoms with E-state index in [4.69, 9.17) is 4.74 Å². The van der Waals surface area contributed by atoms with Crippen molar-refractivity contribution < 1.29 is 13.9 Å². The molecule has 0 saturated heterocycles. The molecule has 3 N–H and O–H groups in total. The average molecular weight is 538 g/mol. The maximum Gasteiger partial charge on any atom is 0.243 e. The number of benzene rings is 2. The molecule has 8 heteroatoms. The van der Waals surface area contributed by atoms with E-state index in [1.54, 1.807) is 7.05 Å². The van der Waals surface area contributed by atoms with E-state index in [1.165, 1.54) is 37.1 Å². The topological polar surface area (TPSA) is 74.8 Å². The summed E-state index contributed by atoms with van der Waals surface area (Å²) in [6, 6.07) is 13.8. The number of ether oxygens (including phenoxy) is 1. The van der Waals surface area contributed by atoms with Crippen LogP contribution in [0.1, 0.15) is 43.7 Å². The second kappa shape index (κ2) is 10.3. The van der Waals surface area contributed by atoms with Crippen molar-refractivity contribution in [2.75, 3.05) is 18.9 Å². The number of nitrogens with one attached hydrogen (secondary N) is 3. The predicted octanol–water partition coefficient (Wildman–Crippen LogP) is 4.38. The lowest BCUT2D eigenvalue weighted by Gasteiger charge is -2.40. The van der Waals surface area contributed by atoms with Crippen molar-refractivity contribution in [1.82, 2.24) is 10.6 Å². The molecular weight excluding hydrogens is 510 g/mol. The number of para-hydroxylation sites is 1. The van der Waals surface area contributed by atoms with Crippen LogP contribution in [0.15, 0.2) is 53.5 Å². The van der Waals surface area contributed by atoms with Crippen LogP contribution in [0.5, 0.6) is 5.75 Å². The van der Waals surface area contributed by atoms with Crippen LogP contribution < -0.4 is 20.7 Å². The second-order valence-corrected chi connectivity index (χ2v) is 7.91. The fraction of sp³-hybridized carbons (Fsp3) is 0.391. The number of anilines is 1. The number of amides is 1. The molecule has 1 aliphatic carbocycles. The predicted molar refractivity (Wildman–Crippen MR) is 131 cm³/mol. The number of carbonyl (C=O) groups is 1. The van der Waals surface area contributed by atoms with Gasteiger partial charge in [-0.2, -0.15) is 0 Å². The largest absolute Gasteiger partial charge is 0.487 e. The summed E-state index contributed by atoms with van der Waals surface area (Å²) in [6.07, 6.45) is 5.36. The molecule has 1 atom stereocenters. The highest BCUT2D eigenvalue weighted by Gasteiger charge is 2.43. The van der Waals surface area contributed by atoms with Gasteiger partial charge in [0.15, 0.2) is 5.96 Å². The summed E-state index contributed by atoms with van der Waals surface area (Å²) in [7, 11) is 1.68. The highest BCUT2D eigenvalue weighted by atomic mass is 127. The van der Waals surface area contributed by atoms with Crippen LogP contribution in [0, 0.1) is 5.82 Å². The van der Waals surface area contributed by atoms with E-state index in [0.717, 1.165) is 30.6 Å². The minimum Gasteiger partial charge on any atom is -0.487 e. The van der Waals surface area contributed by atoms with Crippen molar-refractivity contribution in [3.05, 3.63) is 59.9 Å². The highest BCUT2D eigenvalue weighted by Crippen LogP contribution is 2.46. The molecule has 2 aromatic rings. The lowest BCUT2D eigenvalue weighted by molar-refractivity contribution is -0.115. The molecule has 1 amide bonds. The van der Waals surface area contributed by atoms with Gasteiger partial charge in [-0.3, -0.25) is 9.79 Å². The molecule has 2 aliphatic rings. The fourth-order valence-corrected chi connectivity index (χ4v) is 4.33. The average Bonchev–Trinajstić information content (AvgIpc) is 3.20. The number of fused-ring (bicyclic) bond motifs is 1. The molecule has 0 bridgehead atoms. The van der Waals surface area contributed by atoms with Crippen molar-refractivity contribution in [3.63, 3.8) is 0 Å². The third-order valence-electron chi connectivity index (χ3n) is 5.79. The van der Waals surface area contributed by atoms with E-state index in [9.17, 15) is 9.18 Å². The first-order chi connectivity index (χ1) is 14.6. The minimum atomic E-state index is -0.340. The highest BCUT2D eigenvalue weighted by molar-refractivity contribution is 14.0. The monoisotopic (exact) mass is 538 g/mol. The summed E-state index contributed by atoms with van der Waals surface area (Å²) in [4.78, 5) is 16.5. The number of rotatable bonds is 4. The molecule has 1 spiro atoms.